The molecule has 0 radical (unpaired) electrons. The van der Waals surface area contributed by atoms with Crippen molar-refractivity contribution in [3.8, 4) is 22.9 Å². The van der Waals surface area contributed by atoms with E-state index in [1.165, 1.54) is 34.9 Å². The molecular formula is C29H30N4O8. The summed E-state index contributed by atoms with van der Waals surface area (Å²) in [6.07, 6.45) is -0.145. The van der Waals surface area contributed by atoms with Crippen LogP contribution in [0.4, 0.5) is 0 Å². The lowest BCUT2D eigenvalue weighted by Crippen LogP contribution is -2.42. The molecule has 4 aromatic rings. The average molecular weight is 563 g/mol. The predicted molar refractivity (Wildman–Crippen MR) is 151 cm³/mol. The van der Waals surface area contributed by atoms with Crippen LogP contribution in [0.1, 0.15) is 22.8 Å². The third kappa shape index (κ3) is 6.23. The molecule has 5 N–H and O–H groups in total. The third-order valence-corrected chi connectivity index (χ3v) is 6.52. The molecule has 0 aliphatic carbocycles. The van der Waals surface area contributed by atoms with Gasteiger partial charge in [0.25, 0.3) is 11.5 Å². The number of aliphatic carboxylic acids is 1. The average Bonchev–Trinajstić information content (AvgIpc) is 2.94. The normalized spacial score (nSPS) is 11.8. The minimum absolute atomic E-state index is 0.145. The van der Waals surface area contributed by atoms with E-state index >= 15 is 0 Å². The number of aromatic hydroxyl groups is 2. The van der Waals surface area contributed by atoms with Crippen LogP contribution >= 0.6 is 0 Å². The summed E-state index contributed by atoms with van der Waals surface area (Å²) in [5, 5.41) is 35.2. The lowest BCUT2D eigenvalue weighted by atomic mass is 10.0. The number of aryl methyl sites for hydroxylation is 1. The number of phenols is 2. The number of hydrogen-bond donors (Lipinski definition) is 5. The molecule has 1 unspecified atom stereocenters. The maximum atomic E-state index is 13.4. The predicted octanol–water partition coefficient (Wildman–Crippen LogP) is 1.51. The number of benzene rings is 3. The molecule has 41 heavy (non-hydrogen) atoms. The molecule has 0 saturated heterocycles. The van der Waals surface area contributed by atoms with Crippen molar-refractivity contribution < 1.29 is 29.6 Å². The Morgan fingerprint density at radius 2 is 1.68 bits per heavy atom. The monoisotopic (exact) mass is 562 g/mol. The molecule has 0 spiro atoms. The minimum Gasteiger partial charge on any atom is -0.507 e. The molecule has 1 amide bonds. The number of nitrogens with one attached hydrogen (secondary N) is 2. The molecule has 3 aromatic carbocycles. The van der Waals surface area contributed by atoms with Gasteiger partial charge in [0.05, 0.1) is 16.6 Å². The third-order valence-electron chi connectivity index (χ3n) is 6.52. The molecule has 0 saturated carbocycles. The van der Waals surface area contributed by atoms with Crippen LogP contribution in [0, 0.1) is 0 Å². The molecule has 0 fully saturated rings. The number of fused-ring (bicyclic) bond motifs is 1. The Morgan fingerprint density at radius 1 is 1.00 bits per heavy atom. The number of carbonyl (C=O) groups is 2. The number of likely N-dealkylation sites (N-methyl/N-ethyl adjacent to an activating group) is 1. The smallest absolute Gasteiger partial charge is 0.335 e. The molecule has 1 heterocycles. The summed E-state index contributed by atoms with van der Waals surface area (Å²) in [7, 11) is 1.56. The Balaban J connectivity index is 1.59. The fourth-order valence-corrected chi connectivity index (χ4v) is 4.38. The van der Waals surface area contributed by atoms with Gasteiger partial charge in [0, 0.05) is 20.0 Å². The van der Waals surface area contributed by atoms with Gasteiger partial charge in [-0.3, -0.25) is 14.2 Å². The molecule has 0 aliphatic heterocycles. The van der Waals surface area contributed by atoms with Crippen molar-refractivity contribution in [3.05, 3.63) is 92.6 Å². The van der Waals surface area contributed by atoms with Crippen molar-refractivity contribution in [2.24, 2.45) is 7.05 Å². The van der Waals surface area contributed by atoms with E-state index in [0.29, 0.717) is 30.0 Å². The van der Waals surface area contributed by atoms with Crippen LogP contribution in [-0.2, 0) is 18.3 Å². The first kappa shape index (κ1) is 28.9. The molecule has 12 nitrogen and oxygen atoms in total. The van der Waals surface area contributed by atoms with E-state index in [1.54, 1.807) is 37.4 Å². The molecule has 0 bridgehead atoms. The van der Waals surface area contributed by atoms with Crippen LogP contribution in [0.3, 0.4) is 0 Å². The molecular weight excluding hydrogens is 532 g/mol. The largest absolute Gasteiger partial charge is 0.507 e. The number of carbonyl (C=O) groups excluding carboxylic acids is 1. The fourth-order valence-electron chi connectivity index (χ4n) is 4.38. The number of aromatic nitrogens is 2. The Bertz CT molecular complexity index is 1690. The lowest BCUT2D eigenvalue weighted by Gasteiger charge is -2.16. The number of ether oxygens (including phenoxy) is 1. The van der Waals surface area contributed by atoms with Crippen molar-refractivity contribution in [3.63, 3.8) is 0 Å². The second kappa shape index (κ2) is 12.4. The standard InChI is InChI=1S/C29H30N4O8/c1-3-30-13-14-41-19-11-12-22-20(16-19)27(37)33(29(40)32(22)2)18-9-7-17(8-10-18)15-21(28(38)39)31-26(36)25-23(34)5-4-6-24(25)35/h4-12,16,21,30,34-35H,3,13-15H2,1-2H3,(H,31,36)(H,38,39). The summed E-state index contributed by atoms with van der Waals surface area (Å²) < 4.78 is 8.10. The van der Waals surface area contributed by atoms with Crippen LogP contribution in [0.2, 0.25) is 0 Å². The summed E-state index contributed by atoms with van der Waals surface area (Å²) in [6, 6.07) is 13.4. The van der Waals surface area contributed by atoms with E-state index in [0.717, 1.165) is 11.1 Å². The van der Waals surface area contributed by atoms with E-state index in [1.807, 2.05) is 6.92 Å². The van der Waals surface area contributed by atoms with Gasteiger partial charge < -0.3 is 30.7 Å². The second-order valence-corrected chi connectivity index (χ2v) is 9.27. The molecule has 0 aliphatic rings. The lowest BCUT2D eigenvalue weighted by molar-refractivity contribution is -0.139. The fraction of sp³-hybridized carbons (Fsp3) is 0.241. The van der Waals surface area contributed by atoms with Crippen LogP contribution < -0.4 is 26.6 Å². The van der Waals surface area contributed by atoms with Crippen molar-refractivity contribution in [2.75, 3.05) is 19.7 Å². The van der Waals surface area contributed by atoms with Gasteiger partial charge in [0.2, 0.25) is 0 Å². The number of amides is 1. The van der Waals surface area contributed by atoms with Crippen molar-refractivity contribution in [2.45, 2.75) is 19.4 Å². The first-order chi connectivity index (χ1) is 19.6. The van der Waals surface area contributed by atoms with Crippen molar-refractivity contribution >= 4 is 22.8 Å². The highest BCUT2D eigenvalue weighted by Crippen LogP contribution is 2.26. The zero-order valence-electron chi connectivity index (χ0n) is 22.5. The van der Waals surface area contributed by atoms with E-state index in [9.17, 15) is 34.5 Å². The second-order valence-electron chi connectivity index (χ2n) is 9.27. The van der Waals surface area contributed by atoms with Crippen molar-refractivity contribution in [1.29, 1.82) is 0 Å². The van der Waals surface area contributed by atoms with Gasteiger partial charge in [-0.1, -0.05) is 25.1 Å². The maximum absolute atomic E-state index is 13.4. The number of carboxylic acid groups (broad SMARTS) is 1. The first-order valence-corrected chi connectivity index (χ1v) is 12.9. The van der Waals surface area contributed by atoms with E-state index in [2.05, 4.69) is 10.6 Å². The summed E-state index contributed by atoms with van der Waals surface area (Å²) in [5.41, 5.74) is -0.325. The summed E-state index contributed by atoms with van der Waals surface area (Å²) >= 11 is 0. The number of carboxylic acids is 1. The molecule has 1 atom stereocenters. The molecule has 214 valence electrons. The summed E-state index contributed by atoms with van der Waals surface area (Å²) in [5.74, 6) is -2.79. The van der Waals surface area contributed by atoms with Gasteiger partial charge in [-0.15, -0.1) is 0 Å². The Kier molecular flexibility index (Phi) is 8.73. The Labute approximate surface area is 234 Å². The topological polar surface area (TPSA) is 172 Å². The first-order valence-electron chi connectivity index (χ1n) is 12.9. The number of hydrogen-bond acceptors (Lipinski definition) is 8. The van der Waals surface area contributed by atoms with Gasteiger partial charge in [-0.05, 0) is 54.6 Å². The highest BCUT2D eigenvalue weighted by atomic mass is 16.5. The Morgan fingerprint density at radius 3 is 2.32 bits per heavy atom. The molecule has 12 heteroatoms. The number of rotatable bonds is 11. The summed E-state index contributed by atoms with van der Waals surface area (Å²) in [4.78, 5) is 51.0. The van der Waals surface area contributed by atoms with Crippen LogP contribution in [0.25, 0.3) is 16.6 Å². The van der Waals surface area contributed by atoms with Gasteiger partial charge in [0.15, 0.2) is 0 Å². The number of phenolic OH excluding ortho intramolecular Hbond substituents is 2. The van der Waals surface area contributed by atoms with E-state index in [-0.39, 0.29) is 17.5 Å². The van der Waals surface area contributed by atoms with Crippen LogP contribution in [0.15, 0.2) is 70.3 Å². The minimum atomic E-state index is -1.39. The van der Waals surface area contributed by atoms with Gasteiger partial charge in [-0.2, -0.15) is 0 Å². The molecule has 1 aromatic heterocycles. The molecule has 4 rings (SSSR count). The van der Waals surface area contributed by atoms with Gasteiger partial charge in [-0.25, -0.2) is 14.2 Å². The van der Waals surface area contributed by atoms with Crippen molar-refractivity contribution in [1.82, 2.24) is 19.8 Å². The maximum Gasteiger partial charge on any atom is 0.335 e. The van der Waals surface area contributed by atoms with Crippen LogP contribution in [-0.4, -0.2) is 62.1 Å². The highest BCUT2D eigenvalue weighted by molar-refractivity contribution is 6.01. The quantitative estimate of drug-likeness (QED) is 0.170. The van der Waals surface area contributed by atoms with E-state index < -0.39 is 46.2 Å². The zero-order chi connectivity index (χ0) is 29.7. The highest BCUT2D eigenvalue weighted by Gasteiger charge is 2.24. The van der Waals surface area contributed by atoms with E-state index in [4.69, 9.17) is 4.74 Å². The SMILES string of the molecule is CCNCCOc1ccc2c(c1)c(=O)n(-c1ccc(CC(NC(=O)c3c(O)cccc3O)C(=O)O)cc1)c(=O)n2C. The Hall–Kier alpha value is -5.10. The van der Waals surface area contributed by atoms with Crippen LogP contribution in [0.5, 0.6) is 17.2 Å². The zero-order valence-corrected chi connectivity index (χ0v) is 22.5. The van der Waals surface area contributed by atoms with Gasteiger partial charge >= 0.3 is 11.7 Å². The summed E-state index contributed by atoms with van der Waals surface area (Å²) in [6.45, 7) is 3.84. The number of nitrogens with zero attached hydrogens (tertiary/aromatic N) is 2. The van der Waals surface area contributed by atoms with Gasteiger partial charge in [0.1, 0.15) is 35.5 Å².